The Morgan fingerprint density at radius 1 is 0.582 bits per heavy atom. The van der Waals surface area contributed by atoms with Gasteiger partial charge in [-0.25, -0.2) is 0 Å². The highest BCUT2D eigenvalue weighted by Crippen LogP contribution is 2.25. The average Bonchev–Trinajstić information content (AvgIpc) is 3.17. The van der Waals surface area contributed by atoms with Crippen LogP contribution in [0.4, 0.5) is 0 Å². The van der Waals surface area contributed by atoms with Crippen molar-refractivity contribution in [3.8, 4) is 0 Å². The third-order valence-electron chi connectivity index (χ3n) is 10.1. The summed E-state index contributed by atoms with van der Waals surface area (Å²) in [5.41, 5.74) is -2.62. The van der Waals surface area contributed by atoms with E-state index < -0.39 is 54.2 Å². The van der Waals surface area contributed by atoms with Gasteiger partial charge in [0.05, 0.1) is 52.0 Å². The van der Waals surface area contributed by atoms with Gasteiger partial charge in [0.2, 0.25) is 0 Å². The van der Waals surface area contributed by atoms with Gasteiger partial charge in [0, 0.05) is 25.2 Å². The first-order chi connectivity index (χ1) is 26.7. The summed E-state index contributed by atoms with van der Waals surface area (Å²) in [6.07, 6.45) is 21.0. The summed E-state index contributed by atoms with van der Waals surface area (Å²) < 4.78 is 21.8. The maximum atomic E-state index is 13.6. The molecule has 0 spiro atoms. The first kappa shape index (κ1) is 53.4. The summed E-state index contributed by atoms with van der Waals surface area (Å²) >= 11 is 4.07. The molecule has 0 aliphatic carbocycles. The molecule has 324 valence electrons. The van der Waals surface area contributed by atoms with Gasteiger partial charge in [0.15, 0.2) is 23.3 Å². The molecule has 0 rings (SSSR count). The van der Waals surface area contributed by atoms with Gasteiger partial charge in [-0.1, -0.05) is 142 Å². The van der Waals surface area contributed by atoms with Gasteiger partial charge >= 0.3 is 11.9 Å². The molecule has 3 atom stereocenters. The molecule has 0 saturated carbocycles. The molecule has 0 aromatic heterocycles. The Morgan fingerprint density at radius 2 is 0.982 bits per heavy atom. The fraction of sp³-hybridized carbons (Fsp3) is 0.907. The van der Waals surface area contributed by atoms with E-state index in [0.717, 1.165) is 51.4 Å². The number of ketones is 2. The first-order valence-corrected chi connectivity index (χ1v) is 22.5. The van der Waals surface area contributed by atoms with E-state index in [0.29, 0.717) is 38.4 Å². The minimum Gasteiger partial charge on any atom is -0.481 e. The van der Waals surface area contributed by atoms with Gasteiger partial charge in [-0.2, -0.15) is 12.6 Å². The number of Topliss-reactive ketones (excluding diaryl/α,β-unsaturated/α-hetero) is 2. The van der Waals surface area contributed by atoms with E-state index in [1.54, 1.807) is 0 Å². The van der Waals surface area contributed by atoms with Crippen molar-refractivity contribution in [3.63, 3.8) is 0 Å². The second-order valence-electron chi connectivity index (χ2n) is 15.0. The van der Waals surface area contributed by atoms with Crippen LogP contribution in [0.3, 0.4) is 0 Å². The van der Waals surface area contributed by atoms with Crippen molar-refractivity contribution in [1.29, 1.82) is 0 Å². The number of carbonyl (C=O) groups excluding carboxylic acids is 3. The third kappa shape index (κ3) is 29.3. The highest BCUT2D eigenvalue weighted by atomic mass is 32.1. The Kier molecular flexibility index (Phi) is 36.9. The fourth-order valence-electron chi connectivity index (χ4n) is 6.57. The molecule has 0 aromatic rings. The fourth-order valence-corrected chi connectivity index (χ4v) is 6.70. The zero-order valence-electron chi connectivity index (χ0n) is 34.8. The molecule has 3 unspecified atom stereocenters. The van der Waals surface area contributed by atoms with Crippen molar-refractivity contribution in [1.82, 2.24) is 0 Å². The van der Waals surface area contributed by atoms with Crippen LogP contribution in [-0.2, 0) is 38.1 Å². The van der Waals surface area contributed by atoms with Crippen LogP contribution >= 0.6 is 12.6 Å². The van der Waals surface area contributed by atoms with E-state index in [1.165, 1.54) is 77.0 Å². The number of esters is 1. The molecule has 55 heavy (non-hydrogen) atoms. The lowest BCUT2D eigenvalue weighted by molar-refractivity contribution is -0.185. The highest BCUT2D eigenvalue weighted by Gasteiger charge is 2.49. The first-order valence-electron chi connectivity index (χ1n) is 21.8. The zero-order chi connectivity index (χ0) is 40.8. The number of aliphatic carboxylic acids is 1. The predicted molar refractivity (Wildman–Crippen MR) is 221 cm³/mol. The second kappa shape index (κ2) is 38.0. The van der Waals surface area contributed by atoms with Crippen LogP contribution in [-0.4, -0.2) is 103 Å². The normalized spacial score (nSPS) is 13.7. The van der Waals surface area contributed by atoms with E-state index in [2.05, 4.69) is 26.5 Å². The van der Waals surface area contributed by atoms with Crippen molar-refractivity contribution < 1.29 is 53.4 Å². The number of carboxylic acids is 1. The standard InChI is InChI=1S/C43H80O11S/c1-3-5-7-9-11-13-15-17-19-21-23-25-38(45)41(43(50,36-44)39(46)26-24-22-20-18-16-14-12-10-8-6-4-2)54-42(49)37(35-40(47)48)27-28-51-29-30-52-31-32-53-33-34-55/h37,41,44,50,55H,3-36H2,1-2H3,(H,47,48). The van der Waals surface area contributed by atoms with E-state index >= 15 is 0 Å². The Labute approximate surface area is 339 Å². The quantitative estimate of drug-likeness (QED) is 0.0265. The number of ether oxygens (including phenoxy) is 4. The monoisotopic (exact) mass is 805 g/mol. The van der Waals surface area contributed by atoms with Gasteiger partial charge in [0.1, 0.15) is 0 Å². The number of hydrogen-bond acceptors (Lipinski definition) is 11. The van der Waals surface area contributed by atoms with Crippen molar-refractivity contribution in [2.24, 2.45) is 5.92 Å². The minimum atomic E-state index is -2.62. The van der Waals surface area contributed by atoms with Crippen LogP contribution in [0.1, 0.15) is 181 Å². The van der Waals surface area contributed by atoms with Crippen molar-refractivity contribution >= 4 is 36.1 Å². The molecule has 0 radical (unpaired) electrons. The lowest BCUT2D eigenvalue weighted by atomic mass is 9.85. The molecule has 12 heteroatoms. The van der Waals surface area contributed by atoms with Crippen LogP contribution in [0.2, 0.25) is 0 Å². The maximum Gasteiger partial charge on any atom is 0.310 e. The molecule has 0 amide bonds. The molecule has 0 aliphatic heterocycles. The van der Waals surface area contributed by atoms with E-state index in [9.17, 15) is 34.5 Å². The van der Waals surface area contributed by atoms with Crippen LogP contribution < -0.4 is 0 Å². The summed E-state index contributed by atoms with van der Waals surface area (Å²) in [5.74, 6) is -4.28. The molecule has 0 aromatic carbocycles. The SMILES string of the molecule is CCCCCCCCCCCCCC(=O)C(OC(=O)C(CCOCCOCCOCCS)CC(=O)O)C(O)(CO)C(=O)CCCCCCCCCCCCC. The van der Waals surface area contributed by atoms with Gasteiger partial charge in [0.25, 0.3) is 0 Å². The Hall–Kier alpha value is -1.57. The lowest BCUT2D eigenvalue weighted by Gasteiger charge is -2.33. The molecule has 3 N–H and O–H groups in total. The summed E-state index contributed by atoms with van der Waals surface area (Å²) in [4.78, 5) is 52.2. The van der Waals surface area contributed by atoms with Crippen molar-refractivity contribution in [2.45, 2.75) is 192 Å². The minimum absolute atomic E-state index is 0.0198. The molecular weight excluding hydrogens is 725 g/mol. The largest absolute Gasteiger partial charge is 0.481 e. The van der Waals surface area contributed by atoms with Crippen LogP contribution in [0.25, 0.3) is 0 Å². The molecule has 0 fully saturated rings. The third-order valence-corrected chi connectivity index (χ3v) is 10.2. The van der Waals surface area contributed by atoms with Crippen molar-refractivity contribution in [2.75, 3.05) is 52.0 Å². The Balaban J connectivity index is 5.30. The van der Waals surface area contributed by atoms with E-state index in [-0.39, 0.29) is 39.1 Å². The molecule has 0 aliphatic rings. The van der Waals surface area contributed by atoms with Gasteiger partial charge in [-0.3, -0.25) is 19.2 Å². The van der Waals surface area contributed by atoms with Crippen molar-refractivity contribution in [3.05, 3.63) is 0 Å². The van der Waals surface area contributed by atoms with Gasteiger partial charge in [-0.15, -0.1) is 0 Å². The lowest BCUT2D eigenvalue weighted by Crippen LogP contribution is -2.58. The number of hydrogen-bond donors (Lipinski definition) is 4. The summed E-state index contributed by atoms with van der Waals surface area (Å²) in [6, 6.07) is 0. The van der Waals surface area contributed by atoms with Crippen LogP contribution in [0.5, 0.6) is 0 Å². The molecule has 0 bridgehead atoms. The summed E-state index contributed by atoms with van der Waals surface area (Å²) in [6.45, 7) is 5.15. The number of carbonyl (C=O) groups is 4. The maximum absolute atomic E-state index is 13.6. The number of unbranched alkanes of at least 4 members (excludes halogenated alkanes) is 20. The highest BCUT2D eigenvalue weighted by molar-refractivity contribution is 7.80. The number of aliphatic hydroxyl groups excluding tert-OH is 1. The smallest absolute Gasteiger partial charge is 0.310 e. The Morgan fingerprint density at radius 3 is 1.40 bits per heavy atom. The molecule has 0 saturated heterocycles. The van der Waals surface area contributed by atoms with Gasteiger partial charge < -0.3 is 34.3 Å². The Bertz CT molecular complexity index is 950. The number of carboxylic acid groups (broad SMARTS) is 1. The summed E-state index contributed by atoms with van der Waals surface area (Å²) in [7, 11) is 0. The van der Waals surface area contributed by atoms with Crippen LogP contribution in [0, 0.1) is 5.92 Å². The van der Waals surface area contributed by atoms with Crippen LogP contribution in [0.15, 0.2) is 0 Å². The van der Waals surface area contributed by atoms with Gasteiger partial charge in [-0.05, 0) is 19.3 Å². The molecule has 11 nitrogen and oxygen atoms in total. The number of thiol groups is 1. The average molecular weight is 805 g/mol. The number of aliphatic hydroxyl groups is 2. The van der Waals surface area contributed by atoms with E-state index in [1.807, 2.05) is 0 Å². The molecule has 0 heterocycles. The zero-order valence-corrected chi connectivity index (χ0v) is 35.6. The number of rotatable bonds is 43. The molecular formula is C43H80O11S. The predicted octanol–water partition coefficient (Wildman–Crippen LogP) is 8.62. The summed E-state index contributed by atoms with van der Waals surface area (Å²) in [5, 5.41) is 31.5. The second-order valence-corrected chi connectivity index (χ2v) is 15.5. The van der Waals surface area contributed by atoms with E-state index in [4.69, 9.17) is 18.9 Å². The topological polar surface area (TPSA) is 166 Å².